The fourth-order valence-corrected chi connectivity index (χ4v) is 3.82. The van der Waals surface area contributed by atoms with Crippen LogP contribution in [-0.4, -0.2) is 5.11 Å². The van der Waals surface area contributed by atoms with Gasteiger partial charge in [0.25, 0.3) is 0 Å². The van der Waals surface area contributed by atoms with Crippen molar-refractivity contribution < 1.29 is 5.11 Å². The van der Waals surface area contributed by atoms with Gasteiger partial charge in [-0.25, -0.2) is 0 Å². The van der Waals surface area contributed by atoms with Gasteiger partial charge in [0, 0.05) is 11.3 Å². The van der Waals surface area contributed by atoms with Crippen molar-refractivity contribution in [3.05, 3.63) is 68.8 Å². The average molecular weight is 333 g/mol. The number of hydrogen-bond acceptors (Lipinski definition) is 2. The van der Waals surface area contributed by atoms with Crippen molar-refractivity contribution in [1.29, 1.82) is 0 Å². The Labute approximate surface area is 124 Å². The van der Waals surface area contributed by atoms with E-state index in [0.29, 0.717) is 6.42 Å². The van der Waals surface area contributed by atoms with Crippen molar-refractivity contribution in [2.45, 2.75) is 12.5 Å². The Hall–Kier alpha value is -1.16. The molecule has 0 saturated heterocycles. The number of halogens is 1. The van der Waals surface area contributed by atoms with E-state index in [2.05, 4.69) is 40.2 Å². The predicted octanol–water partition coefficient (Wildman–Crippen LogP) is 4.94. The number of thiophene rings is 1. The molecule has 1 unspecified atom stereocenters. The summed E-state index contributed by atoms with van der Waals surface area (Å²) in [6, 6.07) is 18.4. The molecular weight excluding hydrogens is 320 g/mol. The number of aliphatic hydroxyl groups is 1. The van der Waals surface area contributed by atoms with Gasteiger partial charge in [0.2, 0.25) is 0 Å². The van der Waals surface area contributed by atoms with Crippen LogP contribution in [0.25, 0.3) is 10.8 Å². The highest BCUT2D eigenvalue weighted by atomic mass is 79.9. The van der Waals surface area contributed by atoms with Crippen molar-refractivity contribution in [3.8, 4) is 0 Å². The standard InChI is InChI=1S/C16H13BrOS/c17-16-9-8-12(19-16)10-15(18)14-7-3-5-11-4-1-2-6-13(11)14/h1-9,15,18H,10H2. The van der Waals surface area contributed by atoms with Gasteiger partial charge < -0.3 is 5.11 Å². The Balaban J connectivity index is 1.95. The summed E-state index contributed by atoms with van der Waals surface area (Å²) in [6.45, 7) is 0. The molecule has 0 spiro atoms. The lowest BCUT2D eigenvalue weighted by Crippen LogP contribution is -2.01. The quantitative estimate of drug-likeness (QED) is 0.720. The van der Waals surface area contributed by atoms with Gasteiger partial charge in [-0.3, -0.25) is 0 Å². The minimum atomic E-state index is -0.461. The summed E-state index contributed by atoms with van der Waals surface area (Å²) in [5.41, 5.74) is 1.00. The van der Waals surface area contributed by atoms with Crippen LogP contribution in [0.4, 0.5) is 0 Å². The highest BCUT2D eigenvalue weighted by Crippen LogP contribution is 2.30. The topological polar surface area (TPSA) is 20.2 Å². The number of rotatable bonds is 3. The van der Waals surface area contributed by atoms with Gasteiger partial charge in [-0.1, -0.05) is 42.5 Å². The molecule has 1 nitrogen and oxygen atoms in total. The van der Waals surface area contributed by atoms with Crippen molar-refractivity contribution in [3.63, 3.8) is 0 Å². The number of fused-ring (bicyclic) bond motifs is 1. The first-order valence-electron chi connectivity index (χ1n) is 6.14. The zero-order chi connectivity index (χ0) is 13.2. The summed E-state index contributed by atoms with van der Waals surface area (Å²) in [7, 11) is 0. The third-order valence-electron chi connectivity index (χ3n) is 3.21. The molecule has 96 valence electrons. The van der Waals surface area contributed by atoms with E-state index in [9.17, 15) is 5.11 Å². The highest BCUT2D eigenvalue weighted by molar-refractivity contribution is 9.11. The van der Waals surface area contributed by atoms with E-state index >= 15 is 0 Å². The van der Waals surface area contributed by atoms with Crippen LogP contribution >= 0.6 is 27.3 Å². The Morgan fingerprint density at radius 1 is 1.00 bits per heavy atom. The molecule has 0 saturated carbocycles. The zero-order valence-corrected chi connectivity index (χ0v) is 12.6. The van der Waals surface area contributed by atoms with Gasteiger partial charge in [-0.15, -0.1) is 11.3 Å². The lowest BCUT2D eigenvalue weighted by molar-refractivity contribution is 0.181. The summed E-state index contributed by atoms with van der Waals surface area (Å²) in [6.07, 6.45) is 0.196. The average Bonchev–Trinajstić information content (AvgIpc) is 2.83. The molecule has 0 aliphatic rings. The Morgan fingerprint density at radius 2 is 1.79 bits per heavy atom. The normalized spacial score (nSPS) is 12.7. The summed E-state index contributed by atoms with van der Waals surface area (Å²) in [5, 5.41) is 12.8. The fourth-order valence-electron chi connectivity index (χ4n) is 2.30. The largest absolute Gasteiger partial charge is 0.388 e. The molecule has 0 aliphatic carbocycles. The van der Waals surface area contributed by atoms with Gasteiger partial charge >= 0.3 is 0 Å². The van der Waals surface area contributed by atoms with Crippen molar-refractivity contribution in [2.75, 3.05) is 0 Å². The van der Waals surface area contributed by atoms with Gasteiger partial charge in [0.1, 0.15) is 0 Å². The molecule has 0 bridgehead atoms. The molecule has 2 aromatic carbocycles. The van der Waals surface area contributed by atoms with E-state index in [0.717, 1.165) is 14.7 Å². The lowest BCUT2D eigenvalue weighted by Gasteiger charge is -2.12. The fraction of sp³-hybridized carbons (Fsp3) is 0.125. The molecule has 0 radical (unpaired) electrons. The van der Waals surface area contributed by atoms with Crippen LogP contribution in [0, 0.1) is 0 Å². The van der Waals surface area contributed by atoms with Crippen LogP contribution in [0.1, 0.15) is 16.5 Å². The van der Waals surface area contributed by atoms with E-state index in [-0.39, 0.29) is 0 Å². The Morgan fingerprint density at radius 3 is 2.58 bits per heavy atom. The maximum absolute atomic E-state index is 10.5. The van der Waals surface area contributed by atoms with E-state index in [1.165, 1.54) is 10.3 Å². The smallest absolute Gasteiger partial charge is 0.0844 e. The number of hydrogen-bond donors (Lipinski definition) is 1. The van der Waals surface area contributed by atoms with Gasteiger partial charge in [0.15, 0.2) is 0 Å². The van der Waals surface area contributed by atoms with Crippen LogP contribution in [-0.2, 0) is 6.42 Å². The molecule has 1 atom stereocenters. The van der Waals surface area contributed by atoms with Gasteiger partial charge in [0.05, 0.1) is 9.89 Å². The number of benzene rings is 2. The van der Waals surface area contributed by atoms with E-state index in [4.69, 9.17) is 0 Å². The monoisotopic (exact) mass is 332 g/mol. The van der Waals surface area contributed by atoms with E-state index in [1.807, 2.05) is 30.3 Å². The third kappa shape index (κ3) is 2.73. The van der Waals surface area contributed by atoms with Crippen molar-refractivity contribution in [1.82, 2.24) is 0 Å². The predicted molar refractivity (Wildman–Crippen MR) is 84.6 cm³/mol. The van der Waals surface area contributed by atoms with Crippen LogP contribution < -0.4 is 0 Å². The summed E-state index contributed by atoms with van der Waals surface area (Å²) >= 11 is 5.13. The minimum Gasteiger partial charge on any atom is -0.388 e. The van der Waals surface area contributed by atoms with Crippen LogP contribution in [0.3, 0.4) is 0 Å². The van der Waals surface area contributed by atoms with E-state index < -0.39 is 6.10 Å². The molecule has 3 aromatic rings. The minimum absolute atomic E-state index is 0.461. The maximum atomic E-state index is 10.5. The second kappa shape index (κ2) is 5.45. The molecule has 0 fully saturated rings. The van der Waals surface area contributed by atoms with Crippen LogP contribution in [0.15, 0.2) is 58.4 Å². The summed E-state index contributed by atoms with van der Waals surface area (Å²) in [5.74, 6) is 0. The first-order valence-corrected chi connectivity index (χ1v) is 7.75. The van der Waals surface area contributed by atoms with Gasteiger partial charge in [-0.2, -0.15) is 0 Å². The summed E-state index contributed by atoms with van der Waals surface area (Å²) in [4.78, 5) is 1.19. The second-order valence-electron chi connectivity index (χ2n) is 4.49. The SMILES string of the molecule is OC(Cc1ccc(Br)s1)c1cccc2ccccc12. The van der Waals surface area contributed by atoms with Gasteiger partial charge in [-0.05, 0) is 44.4 Å². The molecule has 1 heterocycles. The molecule has 0 aliphatic heterocycles. The molecule has 1 aromatic heterocycles. The molecule has 1 N–H and O–H groups in total. The third-order valence-corrected chi connectivity index (χ3v) is 4.85. The number of aliphatic hydroxyl groups excluding tert-OH is 1. The highest BCUT2D eigenvalue weighted by Gasteiger charge is 2.12. The molecule has 0 amide bonds. The molecule has 3 heteroatoms. The maximum Gasteiger partial charge on any atom is 0.0844 e. The van der Waals surface area contributed by atoms with Crippen LogP contribution in [0.5, 0.6) is 0 Å². The van der Waals surface area contributed by atoms with Crippen LogP contribution in [0.2, 0.25) is 0 Å². The first-order chi connectivity index (χ1) is 9.24. The molecular formula is C16H13BrOS. The van der Waals surface area contributed by atoms with Crippen molar-refractivity contribution in [2.24, 2.45) is 0 Å². The van der Waals surface area contributed by atoms with E-state index in [1.54, 1.807) is 11.3 Å². The van der Waals surface area contributed by atoms with Crippen molar-refractivity contribution >= 4 is 38.0 Å². The summed E-state index contributed by atoms with van der Waals surface area (Å²) < 4.78 is 1.10. The zero-order valence-electron chi connectivity index (χ0n) is 10.2. The molecule has 19 heavy (non-hydrogen) atoms. The lowest BCUT2D eigenvalue weighted by atomic mass is 9.98. The second-order valence-corrected chi connectivity index (χ2v) is 7.04. The Bertz CT molecular complexity index is 699. The Kier molecular flexibility index (Phi) is 3.69. The first kappa shape index (κ1) is 12.9. The molecule has 3 rings (SSSR count).